The Labute approximate surface area is 103 Å². The molecule has 1 atom stereocenters. The van der Waals surface area contributed by atoms with E-state index in [2.05, 4.69) is 37.4 Å². The van der Waals surface area contributed by atoms with Crippen molar-refractivity contribution in [2.75, 3.05) is 6.54 Å². The van der Waals surface area contributed by atoms with Crippen molar-refractivity contribution >= 4 is 5.78 Å². The predicted octanol–water partition coefficient (Wildman–Crippen LogP) is 2.56. The molecule has 92 valence electrons. The van der Waals surface area contributed by atoms with Crippen LogP contribution in [0.3, 0.4) is 0 Å². The SMILES string of the molecule is Cc1cc(C)cc(CC(=O)C2(C)CCCN2)c1. The summed E-state index contributed by atoms with van der Waals surface area (Å²) in [6.45, 7) is 7.16. The number of nitrogens with one attached hydrogen (secondary N) is 1. The Morgan fingerprint density at radius 1 is 1.29 bits per heavy atom. The van der Waals surface area contributed by atoms with E-state index in [1.54, 1.807) is 0 Å². The first-order chi connectivity index (χ1) is 7.99. The summed E-state index contributed by atoms with van der Waals surface area (Å²) in [6, 6.07) is 6.37. The van der Waals surface area contributed by atoms with E-state index in [0.29, 0.717) is 12.2 Å². The molecule has 1 aromatic rings. The highest BCUT2D eigenvalue weighted by Crippen LogP contribution is 2.22. The molecule has 1 heterocycles. The summed E-state index contributed by atoms with van der Waals surface area (Å²) in [5.74, 6) is 0.319. The average Bonchev–Trinajstić information content (AvgIpc) is 2.64. The van der Waals surface area contributed by atoms with E-state index in [0.717, 1.165) is 24.9 Å². The van der Waals surface area contributed by atoms with Crippen LogP contribution in [-0.4, -0.2) is 17.9 Å². The number of rotatable bonds is 3. The van der Waals surface area contributed by atoms with Crippen LogP contribution < -0.4 is 5.32 Å². The van der Waals surface area contributed by atoms with Gasteiger partial charge in [0.2, 0.25) is 0 Å². The number of hydrogen-bond donors (Lipinski definition) is 1. The van der Waals surface area contributed by atoms with Gasteiger partial charge in [0, 0.05) is 6.42 Å². The van der Waals surface area contributed by atoms with Gasteiger partial charge in [-0.25, -0.2) is 0 Å². The smallest absolute Gasteiger partial charge is 0.156 e. The zero-order valence-electron chi connectivity index (χ0n) is 11.0. The lowest BCUT2D eigenvalue weighted by molar-refractivity contribution is -0.123. The van der Waals surface area contributed by atoms with Crippen molar-refractivity contribution in [3.63, 3.8) is 0 Å². The van der Waals surface area contributed by atoms with Crippen LogP contribution in [0.2, 0.25) is 0 Å². The molecule has 2 rings (SSSR count). The summed E-state index contributed by atoms with van der Waals surface area (Å²) in [6.07, 6.45) is 2.62. The van der Waals surface area contributed by atoms with Crippen LogP contribution in [0.25, 0.3) is 0 Å². The van der Waals surface area contributed by atoms with E-state index in [-0.39, 0.29) is 5.54 Å². The lowest BCUT2D eigenvalue weighted by Crippen LogP contribution is -2.45. The molecule has 0 saturated carbocycles. The van der Waals surface area contributed by atoms with Crippen molar-refractivity contribution in [3.05, 3.63) is 34.9 Å². The van der Waals surface area contributed by atoms with Crippen molar-refractivity contribution in [3.8, 4) is 0 Å². The molecule has 0 radical (unpaired) electrons. The molecule has 1 aliphatic rings. The van der Waals surface area contributed by atoms with Crippen LogP contribution in [0.15, 0.2) is 18.2 Å². The first kappa shape index (κ1) is 12.3. The van der Waals surface area contributed by atoms with Gasteiger partial charge in [0.05, 0.1) is 5.54 Å². The highest BCUT2D eigenvalue weighted by molar-refractivity contribution is 5.90. The van der Waals surface area contributed by atoms with Gasteiger partial charge in [0.25, 0.3) is 0 Å². The number of Topliss-reactive ketones (excluding diaryl/α,β-unsaturated/α-hetero) is 1. The van der Waals surface area contributed by atoms with Gasteiger partial charge in [0.15, 0.2) is 5.78 Å². The van der Waals surface area contributed by atoms with Crippen LogP contribution >= 0.6 is 0 Å². The Hall–Kier alpha value is -1.15. The Bertz CT molecular complexity index is 410. The van der Waals surface area contributed by atoms with Crippen molar-refractivity contribution in [2.45, 2.75) is 45.6 Å². The zero-order valence-corrected chi connectivity index (χ0v) is 11.0. The normalized spacial score (nSPS) is 23.9. The van der Waals surface area contributed by atoms with Gasteiger partial charge in [0.1, 0.15) is 0 Å². The number of aryl methyl sites for hydroxylation is 2. The number of ketones is 1. The largest absolute Gasteiger partial charge is 0.305 e. The molecule has 1 N–H and O–H groups in total. The molecule has 1 unspecified atom stereocenters. The first-order valence-corrected chi connectivity index (χ1v) is 6.35. The molecule has 2 heteroatoms. The Balaban J connectivity index is 2.12. The lowest BCUT2D eigenvalue weighted by atomic mass is 9.89. The molecular weight excluding hydrogens is 210 g/mol. The van der Waals surface area contributed by atoms with Gasteiger partial charge in [-0.15, -0.1) is 0 Å². The van der Waals surface area contributed by atoms with E-state index >= 15 is 0 Å². The molecule has 17 heavy (non-hydrogen) atoms. The van der Waals surface area contributed by atoms with E-state index in [9.17, 15) is 4.79 Å². The molecule has 1 fully saturated rings. The van der Waals surface area contributed by atoms with Gasteiger partial charge in [-0.05, 0) is 45.7 Å². The molecule has 1 saturated heterocycles. The van der Waals surface area contributed by atoms with Crippen molar-refractivity contribution in [1.82, 2.24) is 5.32 Å². The number of carbonyl (C=O) groups excluding carboxylic acids is 1. The fourth-order valence-electron chi connectivity index (χ4n) is 2.68. The molecule has 0 aromatic heterocycles. The van der Waals surface area contributed by atoms with E-state index in [1.165, 1.54) is 11.1 Å². The molecule has 0 aliphatic carbocycles. The number of benzene rings is 1. The van der Waals surface area contributed by atoms with Gasteiger partial charge in [-0.2, -0.15) is 0 Å². The molecule has 0 amide bonds. The standard InChI is InChI=1S/C15H21NO/c1-11-7-12(2)9-13(8-11)10-14(17)15(3)5-4-6-16-15/h7-9,16H,4-6,10H2,1-3H3. The third-order valence-corrected chi connectivity index (χ3v) is 3.63. The summed E-state index contributed by atoms with van der Waals surface area (Å²) >= 11 is 0. The maximum absolute atomic E-state index is 12.3. The summed E-state index contributed by atoms with van der Waals surface area (Å²) in [5, 5.41) is 3.33. The molecule has 0 bridgehead atoms. The quantitative estimate of drug-likeness (QED) is 0.866. The van der Waals surface area contributed by atoms with Gasteiger partial charge < -0.3 is 5.32 Å². The Morgan fingerprint density at radius 2 is 1.94 bits per heavy atom. The van der Waals surface area contributed by atoms with Gasteiger partial charge in [-0.1, -0.05) is 29.3 Å². The maximum atomic E-state index is 12.3. The predicted molar refractivity (Wildman–Crippen MR) is 70.3 cm³/mol. The van der Waals surface area contributed by atoms with Crippen LogP contribution in [0, 0.1) is 13.8 Å². The molecule has 1 aliphatic heterocycles. The monoisotopic (exact) mass is 231 g/mol. The van der Waals surface area contributed by atoms with Crippen LogP contribution in [0.5, 0.6) is 0 Å². The topological polar surface area (TPSA) is 29.1 Å². The Kier molecular flexibility index (Phi) is 3.34. The summed E-state index contributed by atoms with van der Waals surface area (Å²) in [5.41, 5.74) is 3.31. The fraction of sp³-hybridized carbons (Fsp3) is 0.533. The van der Waals surface area contributed by atoms with Crippen molar-refractivity contribution in [2.24, 2.45) is 0 Å². The van der Waals surface area contributed by atoms with Crippen molar-refractivity contribution in [1.29, 1.82) is 0 Å². The summed E-state index contributed by atoms with van der Waals surface area (Å²) in [4.78, 5) is 12.3. The lowest BCUT2D eigenvalue weighted by Gasteiger charge is -2.22. The van der Waals surface area contributed by atoms with Crippen LogP contribution in [0.1, 0.15) is 36.5 Å². The second kappa shape index (κ2) is 4.61. The summed E-state index contributed by atoms with van der Waals surface area (Å²) < 4.78 is 0. The third-order valence-electron chi connectivity index (χ3n) is 3.63. The fourth-order valence-corrected chi connectivity index (χ4v) is 2.68. The highest BCUT2D eigenvalue weighted by atomic mass is 16.1. The maximum Gasteiger partial charge on any atom is 0.156 e. The molecule has 2 nitrogen and oxygen atoms in total. The first-order valence-electron chi connectivity index (χ1n) is 6.35. The van der Waals surface area contributed by atoms with E-state index < -0.39 is 0 Å². The second-order valence-corrected chi connectivity index (χ2v) is 5.46. The molecule has 0 spiro atoms. The van der Waals surface area contributed by atoms with Gasteiger partial charge >= 0.3 is 0 Å². The molecular formula is C15H21NO. The van der Waals surface area contributed by atoms with Crippen LogP contribution in [0.4, 0.5) is 0 Å². The minimum Gasteiger partial charge on any atom is -0.305 e. The van der Waals surface area contributed by atoms with E-state index in [1.807, 2.05) is 6.92 Å². The summed E-state index contributed by atoms with van der Waals surface area (Å²) in [7, 11) is 0. The van der Waals surface area contributed by atoms with Crippen LogP contribution in [-0.2, 0) is 11.2 Å². The zero-order chi connectivity index (χ0) is 12.5. The van der Waals surface area contributed by atoms with Gasteiger partial charge in [-0.3, -0.25) is 4.79 Å². The minimum atomic E-state index is -0.294. The van der Waals surface area contributed by atoms with Crippen molar-refractivity contribution < 1.29 is 4.79 Å². The number of hydrogen-bond acceptors (Lipinski definition) is 2. The third kappa shape index (κ3) is 2.75. The van der Waals surface area contributed by atoms with E-state index in [4.69, 9.17) is 0 Å². The molecule has 1 aromatic carbocycles. The second-order valence-electron chi connectivity index (χ2n) is 5.46. The highest BCUT2D eigenvalue weighted by Gasteiger charge is 2.35. The Morgan fingerprint density at radius 3 is 2.47 bits per heavy atom. The average molecular weight is 231 g/mol. The number of carbonyl (C=O) groups is 1. The minimum absolute atomic E-state index is 0.294.